The van der Waals surface area contributed by atoms with E-state index in [1.807, 2.05) is 13.8 Å². The number of aliphatic hydroxyl groups is 2. The lowest BCUT2D eigenvalue weighted by atomic mass is 9.96. The Bertz CT molecular complexity index is 1070. The molecule has 0 bridgehead atoms. The summed E-state index contributed by atoms with van der Waals surface area (Å²) in [4.78, 5) is 50.4. The molecule has 1 heterocycles. The van der Waals surface area contributed by atoms with E-state index in [4.69, 9.17) is 15.2 Å². The molecule has 1 aromatic carbocycles. The average molecular weight is 595 g/mol. The van der Waals surface area contributed by atoms with E-state index < -0.39 is 78.4 Å². The van der Waals surface area contributed by atoms with Crippen LogP contribution in [0, 0.1) is 11.8 Å². The third kappa shape index (κ3) is 10.3. The number of rotatable bonds is 14. The minimum atomic E-state index is -2.04. The van der Waals surface area contributed by atoms with Crippen LogP contribution < -0.4 is 21.7 Å². The van der Waals surface area contributed by atoms with Crippen molar-refractivity contribution in [2.24, 2.45) is 17.6 Å². The smallest absolute Gasteiger partial charge is 0.305 e. The first kappa shape index (κ1) is 35.1. The second-order valence-corrected chi connectivity index (χ2v) is 11.9. The molecular weight excluding hydrogens is 548 g/mol. The van der Waals surface area contributed by atoms with Crippen molar-refractivity contribution < 1.29 is 44.0 Å². The maximum atomic E-state index is 13.4. The Morgan fingerprint density at radius 3 is 2.17 bits per heavy atom. The fourth-order valence-electron chi connectivity index (χ4n) is 4.52. The highest BCUT2D eigenvalue weighted by Gasteiger charge is 2.45. The maximum absolute atomic E-state index is 13.4. The molecule has 1 aliphatic heterocycles. The van der Waals surface area contributed by atoms with Crippen molar-refractivity contribution in [1.29, 1.82) is 0 Å². The first-order chi connectivity index (χ1) is 19.5. The molecule has 42 heavy (non-hydrogen) atoms. The Kier molecular flexibility index (Phi) is 12.9. The molecule has 0 aliphatic carbocycles. The van der Waals surface area contributed by atoms with E-state index in [2.05, 4.69) is 16.0 Å². The Hall–Kier alpha value is -3.10. The number of aliphatic carboxylic acids is 1. The van der Waals surface area contributed by atoms with Crippen molar-refractivity contribution in [2.45, 2.75) is 103 Å². The summed E-state index contributed by atoms with van der Waals surface area (Å²) in [6.45, 7) is 10.4. The Labute approximate surface area is 246 Å². The molecule has 0 saturated carbocycles. The molecule has 1 saturated heterocycles. The first-order valence-electron chi connectivity index (χ1n) is 14.1. The zero-order chi connectivity index (χ0) is 31.8. The minimum absolute atomic E-state index is 0.0318. The maximum Gasteiger partial charge on any atom is 0.305 e. The molecule has 13 heteroatoms. The summed E-state index contributed by atoms with van der Waals surface area (Å²) < 4.78 is 11.5. The van der Waals surface area contributed by atoms with Crippen molar-refractivity contribution in [3.05, 3.63) is 35.9 Å². The monoisotopic (exact) mass is 594 g/mol. The van der Waals surface area contributed by atoms with Crippen molar-refractivity contribution in [1.82, 2.24) is 16.0 Å². The number of hydrogen-bond acceptors (Lipinski definition) is 9. The van der Waals surface area contributed by atoms with E-state index in [1.165, 1.54) is 0 Å². The number of ether oxygens (including phenoxy) is 2. The van der Waals surface area contributed by atoms with Crippen LogP contribution in [-0.4, -0.2) is 87.8 Å². The molecule has 1 aromatic rings. The van der Waals surface area contributed by atoms with Crippen LogP contribution in [0.25, 0.3) is 0 Å². The van der Waals surface area contributed by atoms with Crippen LogP contribution in [0.3, 0.4) is 0 Å². The number of benzene rings is 1. The van der Waals surface area contributed by atoms with Gasteiger partial charge < -0.3 is 46.5 Å². The lowest BCUT2D eigenvalue weighted by molar-refractivity contribution is -0.301. The fraction of sp³-hybridized carbons (Fsp3) is 0.655. The summed E-state index contributed by atoms with van der Waals surface area (Å²) in [6.07, 6.45) is -5.35. The van der Waals surface area contributed by atoms with E-state index in [0.717, 1.165) is 0 Å². The van der Waals surface area contributed by atoms with E-state index in [0.29, 0.717) is 12.0 Å². The van der Waals surface area contributed by atoms with Crippen LogP contribution in [-0.2, 0) is 28.7 Å². The Morgan fingerprint density at radius 1 is 1.00 bits per heavy atom. The largest absolute Gasteiger partial charge is 0.481 e. The molecule has 0 radical (unpaired) electrons. The van der Waals surface area contributed by atoms with Gasteiger partial charge in [-0.05, 0) is 37.7 Å². The van der Waals surface area contributed by atoms with Gasteiger partial charge in [-0.25, -0.2) is 0 Å². The predicted molar refractivity (Wildman–Crippen MR) is 153 cm³/mol. The number of amides is 3. The average Bonchev–Trinajstić information content (AvgIpc) is 2.91. The van der Waals surface area contributed by atoms with Gasteiger partial charge in [0.25, 0.3) is 5.91 Å². The molecular formula is C29H46N4O9. The molecule has 236 valence electrons. The third-order valence-corrected chi connectivity index (χ3v) is 6.94. The highest BCUT2D eigenvalue weighted by atomic mass is 16.7. The van der Waals surface area contributed by atoms with Gasteiger partial charge >= 0.3 is 5.97 Å². The van der Waals surface area contributed by atoms with Gasteiger partial charge in [-0.2, -0.15) is 0 Å². The van der Waals surface area contributed by atoms with Crippen LogP contribution in [0.1, 0.15) is 66.0 Å². The van der Waals surface area contributed by atoms with Gasteiger partial charge in [0.1, 0.15) is 18.2 Å². The molecule has 7 unspecified atom stereocenters. The Morgan fingerprint density at radius 2 is 1.62 bits per heavy atom. The minimum Gasteiger partial charge on any atom is -0.481 e. The molecule has 8 N–H and O–H groups in total. The molecule has 0 spiro atoms. The molecule has 13 nitrogen and oxygen atoms in total. The van der Waals surface area contributed by atoms with E-state index in [1.54, 1.807) is 58.0 Å². The van der Waals surface area contributed by atoms with Crippen molar-refractivity contribution in [3.63, 3.8) is 0 Å². The van der Waals surface area contributed by atoms with Gasteiger partial charge in [0, 0.05) is 0 Å². The van der Waals surface area contributed by atoms with Crippen LogP contribution in [0.2, 0.25) is 0 Å². The molecule has 0 aromatic heterocycles. The van der Waals surface area contributed by atoms with Crippen molar-refractivity contribution >= 4 is 23.7 Å². The van der Waals surface area contributed by atoms with Crippen LogP contribution in [0.4, 0.5) is 0 Å². The normalized spacial score (nSPS) is 22.0. The molecule has 1 fully saturated rings. The van der Waals surface area contributed by atoms with Crippen molar-refractivity contribution in [2.75, 3.05) is 6.61 Å². The number of carbonyl (C=O) groups is 4. The lowest BCUT2D eigenvalue weighted by Crippen LogP contribution is -2.65. The number of carboxylic acid groups (broad SMARTS) is 1. The second-order valence-electron chi connectivity index (χ2n) is 11.9. The number of nitrogens with two attached hydrogens (primary N) is 1. The summed E-state index contributed by atoms with van der Waals surface area (Å²) >= 11 is 0. The quantitative estimate of drug-likeness (QED) is 0.155. The molecule has 1 aliphatic rings. The summed E-state index contributed by atoms with van der Waals surface area (Å²) in [6, 6.07) is 4.59. The number of nitrogens with one attached hydrogen (secondary N) is 3. The standard InChI is InChI=1S/C29H46N4O9/c1-15(2)12-19(32-27(39)22(30)16(3)4)26(38)33-20-14-41-29(5,6)42-25(20)23(36)24(37)28(40)31-18(13-21(34)35)17-10-8-7-9-11-17/h7-11,15-16,18-20,22-25,36-37H,12-14,30H2,1-6H3,(H,31,40)(H,32,39)(H,33,38)(H,34,35). The summed E-state index contributed by atoms with van der Waals surface area (Å²) in [5.74, 6) is -4.61. The summed E-state index contributed by atoms with van der Waals surface area (Å²) in [5, 5.41) is 39.2. The van der Waals surface area contributed by atoms with Crippen LogP contribution in [0.5, 0.6) is 0 Å². The van der Waals surface area contributed by atoms with Crippen LogP contribution in [0.15, 0.2) is 30.3 Å². The number of hydrogen-bond donors (Lipinski definition) is 7. The molecule has 3 amide bonds. The number of carboxylic acids is 1. The van der Waals surface area contributed by atoms with Crippen molar-refractivity contribution in [3.8, 4) is 0 Å². The fourth-order valence-corrected chi connectivity index (χ4v) is 4.52. The zero-order valence-electron chi connectivity index (χ0n) is 25.1. The molecule has 2 rings (SSSR count). The Balaban J connectivity index is 2.22. The number of carbonyl (C=O) groups excluding carboxylic acids is 3. The lowest BCUT2D eigenvalue weighted by Gasteiger charge is -2.44. The van der Waals surface area contributed by atoms with Gasteiger partial charge in [-0.15, -0.1) is 0 Å². The van der Waals surface area contributed by atoms with Crippen LogP contribution >= 0.6 is 0 Å². The van der Waals surface area contributed by atoms with Gasteiger partial charge in [0.2, 0.25) is 11.8 Å². The highest BCUT2D eigenvalue weighted by Crippen LogP contribution is 2.26. The summed E-state index contributed by atoms with van der Waals surface area (Å²) in [5.41, 5.74) is 6.46. The van der Waals surface area contributed by atoms with E-state index in [9.17, 15) is 34.5 Å². The highest BCUT2D eigenvalue weighted by molar-refractivity contribution is 5.90. The molecule has 7 atom stereocenters. The van der Waals surface area contributed by atoms with Gasteiger partial charge in [-0.1, -0.05) is 58.0 Å². The third-order valence-electron chi connectivity index (χ3n) is 6.94. The predicted octanol–water partition coefficient (Wildman–Crippen LogP) is 0.191. The second kappa shape index (κ2) is 15.4. The SMILES string of the molecule is CC(C)CC(NC(=O)C(N)C(C)C)C(=O)NC1COC(C)(C)OC1C(O)C(O)C(=O)NC(CC(=O)O)c1ccccc1. The van der Waals surface area contributed by atoms with Gasteiger partial charge in [0.05, 0.1) is 31.2 Å². The summed E-state index contributed by atoms with van der Waals surface area (Å²) in [7, 11) is 0. The zero-order valence-corrected chi connectivity index (χ0v) is 25.1. The van der Waals surface area contributed by atoms with Gasteiger partial charge in [-0.3, -0.25) is 19.2 Å². The first-order valence-corrected chi connectivity index (χ1v) is 14.1. The number of aliphatic hydroxyl groups excluding tert-OH is 2. The van der Waals surface area contributed by atoms with E-state index in [-0.39, 0.29) is 18.4 Å². The van der Waals surface area contributed by atoms with E-state index >= 15 is 0 Å². The van der Waals surface area contributed by atoms with Gasteiger partial charge in [0.15, 0.2) is 11.9 Å². The topological polar surface area (TPSA) is 210 Å².